The van der Waals surface area contributed by atoms with Gasteiger partial charge in [0.15, 0.2) is 0 Å². The molecule has 0 aliphatic carbocycles. The Hall–Kier alpha value is -2.53. The van der Waals surface area contributed by atoms with Crippen molar-refractivity contribution in [3.05, 3.63) is 95.1 Å². The molecule has 0 bridgehead atoms. The topological polar surface area (TPSA) is 63.9 Å². The number of fused-ring (bicyclic) bond motifs is 1. The van der Waals surface area contributed by atoms with Crippen molar-refractivity contribution in [1.82, 2.24) is 4.90 Å². The summed E-state index contributed by atoms with van der Waals surface area (Å²) < 4.78 is 0. The molecule has 0 radical (unpaired) electrons. The fraction of sp³-hybridized carbons (Fsp3) is 0.182. The predicted molar refractivity (Wildman–Crippen MR) is 107 cm³/mol. The van der Waals surface area contributed by atoms with Crippen molar-refractivity contribution in [1.29, 1.82) is 0 Å². The second-order valence-electron chi connectivity index (χ2n) is 6.71. The van der Waals surface area contributed by atoms with Gasteiger partial charge in [-0.1, -0.05) is 54.6 Å². The highest BCUT2D eigenvalue weighted by molar-refractivity contribution is 5.85. The minimum atomic E-state index is -0.692. The zero-order valence-electron chi connectivity index (χ0n) is 14.7. The first-order valence-corrected chi connectivity index (χ1v) is 8.70. The molecule has 3 aromatic carbocycles. The molecule has 1 heterocycles. The van der Waals surface area contributed by atoms with E-state index in [1.807, 2.05) is 36.4 Å². The van der Waals surface area contributed by atoms with Gasteiger partial charge < -0.3 is 15.3 Å². The highest BCUT2D eigenvalue weighted by Crippen LogP contribution is 2.43. The molecule has 3 aromatic rings. The molecule has 1 aliphatic rings. The van der Waals surface area contributed by atoms with Crippen molar-refractivity contribution in [2.75, 3.05) is 6.54 Å². The average Bonchev–Trinajstić information content (AvgIpc) is 2.64. The third kappa shape index (κ3) is 3.78. The molecule has 140 valence electrons. The van der Waals surface area contributed by atoms with Crippen molar-refractivity contribution in [2.24, 2.45) is 0 Å². The van der Waals surface area contributed by atoms with Crippen LogP contribution in [0.1, 0.15) is 34.4 Å². The van der Waals surface area contributed by atoms with Gasteiger partial charge in [-0.15, -0.1) is 12.4 Å². The van der Waals surface area contributed by atoms with Gasteiger partial charge in [0.25, 0.3) is 0 Å². The van der Waals surface area contributed by atoms with E-state index in [-0.39, 0.29) is 29.9 Å². The molecule has 0 saturated carbocycles. The number of phenols is 2. The number of phenolic OH excluding ortho intramolecular Hbond substituents is 2. The summed E-state index contributed by atoms with van der Waals surface area (Å²) in [6.07, 6.45) is -0.692. The number of β-amino-alcohol motifs (C(OH)–C–C–N with tert-alkyl or cyclic N) is 1. The first-order valence-electron chi connectivity index (χ1n) is 8.70. The number of benzene rings is 3. The smallest absolute Gasteiger partial charge is 0.120 e. The lowest BCUT2D eigenvalue weighted by molar-refractivity contribution is 0.0719. The number of para-hydroxylation sites is 1. The molecule has 0 spiro atoms. The normalized spacial score (nSPS) is 19.1. The quantitative estimate of drug-likeness (QED) is 0.635. The van der Waals surface area contributed by atoms with E-state index in [1.165, 1.54) is 0 Å². The molecule has 4 nitrogen and oxygen atoms in total. The lowest BCUT2D eigenvalue weighted by Crippen LogP contribution is -2.38. The molecule has 2 unspecified atom stereocenters. The number of rotatable bonds is 3. The van der Waals surface area contributed by atoms with Crippen molar-refractivity contribution < 1.29 is 15.3 Å². The van der Waals surface area contributed by atoms with Crippen molar-refractivity contribution in [3.8, 4) is 11.5 Å². The second kappa shape index (κ2) is 8.01. The van der Waals surface area contributed by atoms with Crippen LogP contribution in [-0.4, -0.2) is 26.8 Å². The molecular weight excluding hydrogens is 362 g/mol. The molecule has 3 N–H and O–H groups in total. The number of aromatic hydroxyl groups is 2. The van der Waals surface area contributed by atoms with Crippen LogP contribution in [0.5, 0.6) is 11.5 Å². The molecule has 0 fully saturated rings. The monoisotopic (exact) mass is 383 g/mol. The molecular formula is C22H22ClNO3. The summed E-state index contributed by atoms with van der Waals surface area (Å²) in [6.45, 7) is 1.07. The summed E-state index contributed by atoms with van der Waals surface area (Å²) in [5.41, 5.74) is 3.55. The van der Waals surface area contributed by atoms with Crippen LogP contribution in [0.25, 0.3) is 0 Å². The van der Waals surface area contributed by atoms with E-state index in [4.69, 9.17) is 0 Å². The van der Waals surface area contributed by atoms with Gasteiger partial charge in [0.1, 0.15) is 11.5 Å². The number of aliphatic hydroxyl groups excluding tert-OH is 1. The van der Waals surface area contributed by atoms with Gasteiger partial charge >= 0.3 is 0 Å². The van der Waals surface area contributed by atoms with Crippen LogP contribution in [0.2, 0.25) is 0 Å². The first-order chi connectivity index (χ1) is 12.6. The zero-order chi connectivity index (χ0) is 18.1. The third-order valence-corrected chi connectivity index (χ3v) is 4.96. The fourth-order valence-corrected chi connectivity index (χ4v) is 3.78. The minimum Gasteiger partial charge on any atom is -0.508 e. The molecule has 5 heteroatoms. The standard InChI is InChI=1S/C22H21NO3.ClH/c24-16-10-11-17-19(12-16)21(26)14-23(13-15-6-2-1-3-7-15)22(17)18-8-4-5-9-20(18)25;/h1-12,21-22,24-26H,13-14H2;1H. The molecule has 0 saturated heterocycles. The maximum Gasteiger partial charge on any atom is 0.120 e. The van der Waals surface area contributed by atoms with Crippen LogP contribution in [0.3, 0.4) is 0 Å². The molecule has 0 amide bonds. The van der Waals surface area contributed by atoms with Crippen LogP contribution in [0.15, 0.2) is 72.8 Å². The number of hydrogen-bond donors (Lipinski definition) is 3. The van der Waals surface area contributed by atoms with Crippen molar-refractivity contribution >= 4 is 12.4 Å². The summed E-state index contributed by atoms with van der Waals surface area (Å²) in [7, 11) is 0. The van der Waals surface area contributed by atoms with E-state index in [1.54, 1.807) is 24.3 Å². The number of halogens is 1. The lowest BCUT2D eigenvalue weighted by atomic mass is 9.86. The van der Waals surface area contributed by atoms with Gasteiger partial charge in [-0.25, -0.2) is 0 Å². The SMILES string of the molecule is Cl.Oc1ccc2c(c1)C(O)CN(Cc1ccccc1)C2c1ccccc1O. The van der Waals surface area contributed by atoms with Crippen LogP contribution < -0.4 is 0 Å². The minimum absolute atomic E-state index is 0. The largest absolute Gasteiger partial charge is 0.508 e. The molecule has 0 aromatic heterocycles. The Labute approximate surface area is 164 Å². The third-order valence-electron chi connectivity index (χ3n) is 4.96. The number of nitrogens with zero attached hydrogens (tertiary/aromatic N) is 1. The van der Waals surface area contributed by atoms with Gasteiger partial charge in [-0.3, -0.25) is 4.90 Å². The molecule has 1 aliphatic heterocycles. The Morgan fingerprint density at radius 1 is 0.815 bits per heavy atom. The van der Waals surface area contributed by atoms with E-state index < -0.39 is 6.10 Å². The Morgan fingerprint density at radius 2 is 1.52 bits per heavy atom. The Kier molecular flexibility index (Phi) is 5.71. The Morgan fingerprint density at radius 3 is 2.26 bits per heavy atom. The van der Waals surface area contributed by atoms with Crippen LogP contribution >= 0.6 is 12.4 Å². The fourth-order valence-electron chi connectivity index (χ4n) is 3.78. The van der Waals surface area contributed by atoms with Crippen molar-refractivity contribution in [2.45, 2.75) is 18.7 Å². The average molecular weight is 384 g/mol. The summed E-state index contributed by atoms with van der Waals surface area (Å²) in [6, 6.07) is 22.3. The highest BCUT2D eigenvalue weighted by Gasteiger charge is 2.34. The van der Waals surface area contributed by atoms with Gasteiger partial charge in [0.2, 0.25) is 0 Å². The van der Waals surface area contributed by atoms with Gasteiger partial charge in [0, 0.05) is 18.7 Å². The second-order valence-corrected chi connectivity index (χ2v) is 6.71. The van der Waals surface area contributed by atoms with Gasteiger partial charge in [0.05, 0.1) is 12.1 Å². The number of aliphatic hydroxyl groups is 1. The molecule has 4 rings (SSSR count). The lowest BCUT2D eigenvalue weighted by Gasteiger charge is -2.40. The Bertz CT molecular complexity index is 916. The van der Waals surface area contributed by atoms with E-state index in [0.717, 1.165) is 16.7 Å². The zero-order valence-corrected chi connectivity index (χ0v) is 15.5. The van der Waals surface area contributed by atoms with E-state index in [2.05, 4.69) is 17.0 Å². The van der Waals surface area contributed by atoms with Crippen LogP contribution in [0, 0.1) is 0 Å². The molecule has 2 atom stereocenters. The summed E-state index contributed by atoms with van der Waals surface area (Å²) in [5.74, 6) is 0.362. The van der Waals surface area contributed by atoms with Gasteiger partial charge in [-0.2, -0.15) is 0 Å². The summed E-state index contributed by atoms with van der Waals surface area (Å²) in [4.78, 5) is 2.16. The maximum atomic E-state index is 10.7. The first kappa shape index (κ1) is 19.2. The maximum absolute atomic E-state index is 10.7. The van der Waals surface area contributed by atoms with E-state index in [0.29, 0.717) is 18.7 Å². The van der Waals surface area contributed by atoms with E-state index >= 15 is 0 Å². The van der Waals surface area contributed by atoms with Crippen LogP contribution in [-0.2, 0) is 6.54 Å². The predicted octanol–water partition coefficient (Wildman–Crippen LogP) is 4.16. The summed E-state index contributed by atoms with van der Waals surface area (Å²) in [5, 5.41) is 31.0. The van der Waals surface area contributed by atoms with Gasteiger partial charge in [-0.05, 0) is 34.9 Å². The van der Waals surface area contributed by atoms with E-state index in [9.17, 15) is 15.3 Å². The highest BCUT2D eigenvalue weighted by atomic mass is 35.5. The number of hydrogen-bond acceptors (Lipinski definition) is 4. The van der Waals surface area contributed by atoms with Crippen LogP contribution in [0.4, 0.5) is 0 Å². The summed E-state index contributed by atoms with van der Waals surface area (Å²) >= 11 is 0. The Balaban J connectivity index is 0.00000210. The van der Waals surface area contributed by atoms with Crippen molar-refractivity contribution in [3.63, 3.8) is 0 Å². The molecule has 27 heavy (non-hydrogen) atoms.